The van der Waals surface area contributed by atoms with E-state index >= 15 is 0 Å². The number of rotatable bonds is 9. The molecule has 4 nitrogen and oxygen atoms in total. The summed E-state index contributed by atoms with van der Waals surface area (Å²) in [5.41, 5.74) is 1.28. The maximum absolute atomic E-state index is 11.2. The second-order valence-corrected chi connectivity index (χ2v) is 4.74. The zero-order valence-corrected chi connectivity index (χ0v) is 12.6. The first-order valence-corrected chi connectivity index (χ1v) is 7.26. The van der Waals surface area contributed by atoms with Crippen molar-refractivity contribution in [3.8, 4) is 5.75 Å². The van der Waals surface area contributed by atoms with Gasteiger partial charge in [0.1, 0.15) is 5.75 Å². The molecule has 1 aromatic carbocycles. The number of nitrogens with one attached hydrogen (secondary N) is 1. The van der Waals surface area contributed by atoms with Gasteiger partial charge in [0.15, 0.2) is 6.61 Å². The third-order valence-corrected chi connectivity index (χ3v) is 3.00. The van der Waals surface area contributed by atoms with Crippen LogP contribution in [0.1, 0.15) is 32.8 Å². The van der Waals surface area contributed by atoms with E-state index in [0.29, 0.717) is 18.4 Å². The number of hydrogen-bond acceptors (Lipinski definition) is 4. The third kappa shape index (κ3) is 6.57. The van der Waals surface area contributed by atoms with Crippen LogP contribution in [0.25, 0.3) is 0 Å². The first kappa shape index (κ1) is 16.5. The zero-order chi connectivity index (χ0) is 14.8. The van der Waals surface area contributed by atoms with Crippen LogP contribution in [0.5, 0.6) is 5.75 Å². The summed E-state index contributed by atoms with van der Waals surface area (Å²) in [4.78, 5) is 11.2. The van der Waals surface area contributed by atoms with Crippen LogP contribution in [0.3, 0.4) is 0 Å². The van der Waals surface area contributed by atoms with Crippen molar-refractivity contribution in [1.82, 2.24) is 5.32 Å². The van der Waals surface area contributed by atoms with Crippen LogP contribution >= 0.6 is 0 Å². The van der Waals surface area contributed by atoms with Gasteiger partial charge in [-0.15, -0.1) is 0 Å². The van der Waals surface area contributed by atoms with Crippen molar-refractivity contribution in [3.63, 3.8) is 0 Å². The van der Waals surface area contributed by atoms with E-state index in [0.717, 1.165) is 19.4 Å². The number of ether oxygens (including phenoxy) is 2. The molecule has 0 bridgehead atoms. The monoisotopic (exact) mass is 279 g/mol. The number of carbonyl (C=O) groups excluding carboxylic acids is 1. The Labute approximate surface area is 121 Å². The van der Waals surface area contributed by atoms with Crippen LogP contribution in [0, 0.1) is 0 Å². The van der Waals surface area contributed by atoms with Gasteiger partial charge < -0.3 is 14.8 Å². The number of hydrogen-bond donors (Lipinski definition) is 1. The first-order valence-electron chi connectivity index (χ1n) is 7.26. The van der Waals surface area contributed by atoms with Crippen molar-refractivity contribution in [3.05, 3.63) is 29.8 Å². The van der Waals surface area contributed by atoms with E-state index in [9.17, 15) is 4.79 Å². The maximum atomic E-state index is 11.2. The van der Waals surface area contributed by atoms with E-state index in [1.807, 2.05) is 24.3 Å². The molecule has 0 saturated heterocycles. The van der Waals surface area contributed by atoms with Crippen LogP contribution in [0.2, 0.25) is 0 Å². The Kier molecular flexibility index (Phi) is 7.73. The van der Waals surface area contributed by atoms with Gasteiger partial charge in [-0.3, -0.25) is 0 Å². The Balaban J connectivity index is 2.34. The molecule has 112 valence electrons. The molecule has 0 aliphatic carbocycles. The highest BCUT2D eigenvalue weighted by molar-refractivity contribution is 5.71. The predicted octanol–water partition coefficient (Wildman–Crippen LogP) is 2.56. The van der Waals surface area contributed by atoms with E-state index < -0.39 is 0 Å². The maximum Gasteiger partial charge on any atom is 0.344 e. The van der Waals surface area contributed by atoms with E-state index in [-0.39, 0.29) is 12.6 Å². The van der Waals surface area contributed by atoms with Gasteiger partial charge in [0, 0.05) is 6.04 Å². The highest BCUT2D eigenvalue weighted by Crippen LogP contribution is 2.14. The van der Waals surface area contributed by atoms with Crippen molar-refractivity contribution < 1.29 is 14.3 Å². The second kappa shape index (κ2) is 9.37. The van der Waals surface area contributed by atoms with Gasteiger partial charge in [0.05, 0.1) is 6.61 Å². The lowest BCUT2D eigenvalue weighted by atomic mass is 10.1. The Morgan fingerprint density at radius 3 is 2.55 bits per heavy atom. The third-order valence-electron chi connectivity index (χ3n) is 3.00. The van der Waals surface area contributed by atoms with E-state index in [4.69, 9.17) is 9.47 Å². The molecular weight excluding hydrogens is 254 g/mol. The summed E-state index contributed by atoms with van der Waals surface area (Å²) in [7, 11) is 0. The molecular formula is C16H25NO3. The summed E-state index contributed by atoms with van der Waals surface area (Å²) < 4.78 is 10.2. The topological polar surface area (TPSA) is 47.6 Å². The van der Waals surface area contributed by atoms with Crippen LogP contribution in [-0.2, 0) is 16.0 Å². The average Bonchev–Trinajstić information content (AvgIpc) is 2.45. The highest BCUT2D eigenvalue weighted by atomic mass is 16.6. The molecule has 4 heteroatoms. The van der Waals surface area contributed by atoms with Crippen molar-refractivity contribution in [2.24, 2.45) is 0 Å². The molecule has 1 N–H and O–H groups in total. The Hall–Kier alpha value is -1.55. The minimum absolute atomic E-state index is 0.0371. The molecule has 1 atom stereocenters. The van der Waals surface area contributed by atoms with Crippen molar-refractivity contribution in [1.29, 1.82) is 0 Å². The number of aryl methyl sites for hydroxylation is 1. The Morgan fingerprint density at radius 1 is 1.25 bits per heavy atom. The lowest BCUT2D eigenvalue weighted by molar-refractivity contribution is -0.145. The average molecular weight is 279 g/mol. The van der Waals surface area contributed by atoms with Gasteiger partial charge in [-0.25, -0.2) is 4.79 Å². The lowest BCUT2D eigenvalue weighted by Gasteiger charge is -2.12. The summed E-state index contributed by atoms with van der Waals surface area (Å²) in [5.74, 6) is 0.359. The van der Waals surface area contributed by atoms with Crippen LogP contribution in [-0.4, -0.2) is 31.8 Å². The number of benzene rings is 1. The van der Waals surface area contributed by atoms with E-state index in [1.54, 1.807) is 6.92 Å². The van der Waals surface area contributed by atoms with Gasteiger partial charge in [-0.2, -0.15) is 0 Å². The van der Waals surface area contributed by atoms with Gasteiger partial charge in [0.25, 0.3) is 0 Å². The van der Waals surface area contributed by atoms with Crippen molar-refractivity contribution in [2.75, 3.05) is 19.8 Å². The van der Waals surface area contributed by atoms with Crippen LogP contribution < -0.4 is 10.1 Å². The summed E-state index contributed by atoms with van der Waals surface area (Å²) in [6, 6.07) is 8.40. The van der Waals surface area contributed by atoms with E-state index in [1.165, 1.54) is 5.56 Å². The van der Waals surface area contributed by atoms with Crippen LogP contribution in [0.15, 0.2) is 24.3 Å². The normalized spacial score (nSPS) is 11.9. The molecule has 0 fully saturated rings. The molecule has 1 rings (SSSR count). The molecule has 1 unspecified atom stereocenters. The minimum Gasteiger partial charge on any atom is -0.482 e. The molecule has 0 spiro atoms. The lowest BCUT2D eigenvalue weighted by Crippen LogP contribution is -2.25. The quantitative estimate of drug-likeness (QED) is 0.706. The number of esters is 1. The first-order chi connectivity index (χ1) is 9.65. The Bertz CT molecular complexity index is 389. The van der Waals surface area contributed by atoms with Gasteiger partial charge in [-0.1, -0.05) is 19.1 Å². The SMILES string of the molecule is CCNC(C)CCc1ccc(OCC(=O)OCC)cc1. The van der Waals surface area contributed by atoms with Gasteiger partial charge in [-0.05, 0) is 50.9 Å². The van der Waals surface area contributed by atoms with E-state index in [2.05, 4.69) is 19.2 Å². The highest BCUT2D eigenvalue weighted by Gasteiger charge is 2.04. The molecule has 0 aliphatic heterocycles. The molecule has 0 saturated carbocycles. The largest absolute Gasteiger partial charge is 0.482 e. The molecule has 1 aromatic rings. The predicted molar refractivity (Wildman–Crippen MR) is 80.0 cm³/mol. The van der Waals surface area contributed by atoms with Crippen LogP contribution in [0.4, 0.5) is 0 Å². The summed E-state index contributed by atoms with van der Waals surface area (Å²) >= 11 is 0. The zero-order valence-electron chi connectivity index (χ0n) is 12.6. The second-order valence-electron chi connectivity index (χ2n) is 4.74. The fourth-order valence-electron chi connectivity index (χ4n) is 1.93. The van der Waals surface area contributed by atoms with Gasteiger partial charge in [0.2, 0.25) is 0 Å². The van der Waals surface area contributed by atoms with Gasteiger partial charge >= 0.3 is 5.97 Å². The molecule has 0 amide bonds. The molecule has 0 aliphatic rings. The fourth-order valence-corrected chi connectivity index (χ4v) is 1.93. The fraction of sp³-hybridized carbons (Fsp3) is 0.562. The number of carbonyl (C=O) groups is 1. The molecule has 0 radical (unpaired) electrons. The summed E-state index contributed by atoms with van der Waals surface area (Å²) in [5, 5.41) is 3.40. The Morgan fingerprint density at radius 2 is 1.95 bits per heavy atom. The smallest absolute Gasteiger partial charge is 0.344 e. The standard InChI is InChI=1S/C16H25NO3/c1-4-17-13(3)6-7-14-8-10-15(11-9-14)20-12-16(18)19-5-2/h8-11,13,17H,4-7,12H2,1-3H3. The molecule has 0 aromatic heterocycles. The summed E-state index contributed by atoms with van der Waals surface area (Å²) in [6.07, 6.45) is 2.14. The molecule has 0 heterocycles. The minimum atomic E-state index is -0.337. The summed E-state index contributed by atoms with van der Waals surface area (Å²) in [6.45, 7) is 7.44. The molecule has 20 heavy (non-hydrogen) atoms. The van der Waals surface area contributed by atoms with Crippen molar-refractivity contribution >= 4 is 5.97 Å². The van der Waals surface area contributed by atoms with Crippen molar-refractivity contribution in [2.45, 2.75) is 39.7 Å².